The number of likely N-dealkylation sites (tertiary alicyclic amines) is 1. The number of amides is 2. The molecule has 0 radical (unpaired) electrons. The molecule has 144 valence electrons. The van der Waals surface area contributed by atoms with E-state index in [0.717, 1.165) is 32.3 Å². The van der Waals surface area contributed by atoms with E-state index in [0.29, 0.717) is 25.6 Å². The van der Waals surface area contributed by atoms with Gasteiger partial charge in [-0.3, -0.25) is 0 Å². The van der Waals surface area contributed by atoms with Crippen LogP contribution in [-0.2, 0) is 4.74 Å². The molecular weight excluding hydrogens is 337 g/mol. The number of nitrogens with one attached hydrogen (secondary N) is 1. The Morgan fingerprint density at radius 2 is 2.35 bits per heavy atom. The first-order chi connectivity index (χ1) is 12.4. The van der Waals surface area contributed by atoms with Gasteiger partial charge in [0.2, 0.25) is 0 Å². The molecule has 1 aromatic heterocycles. The van der Waals surface area contributed by atoms with Crippen molar-refractivity contribution in [3.05, 3.63) is 24.1 Å². The first kappa shape index (κ1) is 18.9. The minimum Gasteiger partial charge on any atom is -0.470 e. The number of pyridine rings is 1. The largest absolute Gasteiger partial charge is 0.470 e. The highest BCUT2D eigenvalue weighted by Gasteiger charge is 2.30. The third-order valence-corrected chi connectivity index (χ3v) is 5.01. The van der Waals surface area contributed by atoms with Gasteiger partial charge in [-0.25, -0.2) is 14.2 Å². The molecule has 26 heavy (non-hydrogen) atoms. The van der Waals surface area contributed by atoms with E-state index in [-0.39, 0.29) is 23.6 Å². The fraction of sp³-hybridized carbons (Fsp3) is 0.684. The van der Waals surface area contributed by atoms with E-state index in [2.05, 4.69) is 24.1 Å². The molecule has 6 nitrogen and oxygen atoms in total. The average molecular weight is 365 g/mol. The molecule has 3 heterocycles. The molecule has 2 atom stereocenters. The Hall–Kier alpha value is -1.89. The Bertz CT molecular complexity index is 626. The molecule has 1 aromatic rings. The van der Waals surface area contributed by atoms with Crippen LogP contribution in [0.15, 0.2) is 18.3 Å². The smallest absolute Gasteiger partial charge is 0.317 e. The Morgan fingerprint density at radius 3 is 3.12 bits per heavy atom. The number of hydrogen-bond acceptors (Lipinski definition) is 4. The first-order valence-electron chi connectivity index (χ1n) is 9.37. The van der Waals surface area contributed by atoms with Crippen LogP contribution >= 0.6 is 0 Å². The first-order valence-corrected chi connectivity index (χ1v) is 9.37. The van der Waals surface area contributed by atoms with Crippen molar-refractivity contribution in [3.63, 3.8) is 0 Å². The number of nitrogens with zero attached hydrogens (tertiary/aromatic N) is 2. The molecular formula is C19H28FN3O3. The molecule has 2 saturated heterocycles. The van der Waals surface area contributed by atoms with Crippen molar-refractivity contribution >= 4 is 6.03 Å². The van der Waals surface area contributed by atoms with Gasteiger partial charge in [0.1, 0.15) is 6.10 Å². The molecule has 0 spiro atoms. The molecule has 0 saturated carbocycles. The predicted molar refractivity (Wildman–Crippen MR) is 95.6 cm³/mol. The lowest BCUT2D eigenvalue weighted by molar-refractivity contribution is -0.0715. The number of carbonyl (C=O) groups excluding carboxylic acids is 1. The quantitative estimate of drug-likeness (QED) is 0.891. The second kappa shape index (κ2) is 8.20. The zero-order valence-electron chi connectivity index (χ0n) is 15.5. The van der Waals surface area contributed by atoms with Crippen LogP contribution < -0.4 is 10.1 Å². The van der Waals surface area contributed by atoms with Gasteiger partial charge in [0.25, 0.3) is 5.88 Å². The van der Waals surface area contributed by atoms with E-state index >= 15 is 0 Å². The molecule has 2 aliphatic rings. The summed E-state index contributed by atoms with van der Waals surface area (Å²) < 4.78 is 25.1. The third-order valence-electron chi connectivity index (χ3n) is 5.01. The summed E-state index contributed by atoms with van der Waals surface area (Å²) in [5.74, 6) is -0.0393. The number of halogens is 1. The molecule has 2 unspecified atom stereocenters. The SMILES string of the molecule is CC1(C)CC(CNC(=O)N2CCCC(Oc3ncccc3F)C2)CCO1. The molecule has 2 fully saturated rings. The van der Waals surface area contributed by atoms with Gasteiger partial charge in [-0.05, 0) is 57.6 Å². The van der Waals surface area contributed by atoms with E-state index in [1.807, 2.05) is 0 Å². The van der Waals surface area contributed by atoms with Gasteiger partial charge in [0.05, 0.1) is 12.1 Å². The number of ether oxygens (including phenoxy) is 2. The fourth-order valence-electron chi connectivity index (χ4n) is 3.71. The van der Waals surface area contributed by atoms with Crippen molar-refractivity contribution in [3.8, 4) is 5.88 Å². The second-order valence-corrected chi connectivity index (χ2v) is 7.77. The maximum atomic E-state index is 13.7. The van der Waals surface area contributed by atoms with Gasteiger partial charge in [0, 0.05) is 25.9 Å². The van der Waals surface area contributed by atoms with Crippen molar-refractivity contribution in [2.24, 2.45) is 5.92 Å². The highest BCUT2D eigenvalue weighted by Crippen LogP contribution is 2.28. The number of hydrogen-bond donors (Lipinski definition) is 1. The highest BCUT2D eigenvalue weighted by molar-refractivity contribution is 5.74. The zero-order chi connectivity index (χ0) is 18.6. The summed E-state index contributed by atoms with van der Waals surface area (Å²) in [5.41, 5.74) is -0.121. The number of urea groups is 1. The van der Waals surface area contributed by atoms with Crippen LogP contribution in [0.3, 0.4) is 0 Å². The van der Waals surface area contributed by atoms with Crippen molar-refractivity contribution in [1.29, 1.82) is 0 Å². The topological polar surface area (TPSA) is 63.7 Å². The highest BCUT2D eigenvalue weighted by atomic mass is 19.1. The number of rotatable bonds is 4. The Morgan fingerprint density at radius 1 is 1.50 bits per heavy atom. The van der Waals surface area contributed by atoms with E-state index in [1.165, 1.54) is 18.3 Å². The van der Waals surface area contributed by atoms with Crippen LogP contribution in [0.2, 0.25) is 0 Å². The van der Waals surface area contributed by atoms with Crippen molar-refractivity contribution in [1.82, 2.24) is 15.2 Å². The van der Waals surface area contributed by atoms with Crippen LogP contribution in [0.4, 0.5) is 9.18 Å². The van der Waals surface area contributed by atoms with E-state index in [9.17, 15) is 9.18 Å². The minimum atomic E-state index is -0.476. The molecule has 1 N–H and O–H groups in total. The van der Waals surface area contributed by atoms with E-state index in [4.69, 9.17) is 9.47 Å². The van der Waals surface area contributed by atoms with Crippen LogP contribution in [0, 0.1) is 11.7 Å². The predicted octanol–water partition coefficient (Wildman–Crippen LogP) is 2.98. The Labute approximate surface area is 154 Å². The number of aromatic nitrogens is 1. The van der Waals surface area contributed by atoms with E-state index < -0.39 is 5.82 Å². The van der Waals surface area contributed by atoms with E-state index in [1.54, 1.807) is 4.90 Å². The molecule has 7 heteroatoms. The summed E-state index contributed by atoms with van der Waals surface area (Å²) in [6.45, 7) is 6.71. The molecule has 3 rings (SSSR count). The van der Waals surface area contributed by atoms with Crippen LogP contribution in [0.5, 0.6) is 5.88 Å². The van der Waals surface area contributed by atoms with Crippen LogP contribution in [0.25, 0.3) is 0 Å². The third kappa shape index (κ3) is 5.06. The lowest BCUT2D eigenvalue weighted by atomic mass is 9.88. The standard InChI is InChI=1S/C19H28FN3O3/c1-19(2)11-14(7-10-25-19)12-22-18(24)23-9-4-5-15(13-23)26-17-16(20)6-3-8-21-17/h3,6,8,14-15H,4-5,7,9-13H2,1-2H3,(H,22,24). The molecule has 2 amide bonds. The van der Waals surface area contributed by atoms with Gasteiger partial charge >= 0.3 is 6.03 Å². The summed E-state index contributed by atoms with van der Waals surface area (Å²) in [6, 6.07) is 2.77. The molecule has 0 aliphatic carbocycles. The van der Waals surface area contributed by atoms with Gasteiger partial charge in [-0.15, -0.1) is 0 Å². The van der Waals surface area contributed by atoms with Gasteiger partial charge in [-0.1, -0.05) is 0 Å². The zero-order valence-corrected chi connectivity index (χ0v) is 15.5. The van der Waals surface area contributed by atoms with Crippen LogP contribution in [0.1, 0.15) is 39.5 Å². The van der Waals surface area contributed by atoms with Crippen molar-refractivity contribution in [2.45, 2.75) is 51.2 Å². The maximum absolute atomic E-state index is 13.7. The molecule has 0 aromatic carbocycles. The lowest BCUT2D eigenvalue weighted by Crippen LogP contribution is -2.50. The minimum absolute atomic E-state index is 0.00388. The number of carbonyl (C=O) groups is 1. The summed E-state index contributed by atoms with van der Waals surface area (Å²) in [6.07, 6.45) is 4.79. The summed E-state index contributed by atoms with van der Waals surface area (Å²) in [4.78, 5) is 18.2. The number of piperidine rings is 1. The van der Waals surface area contributed by atoms with Gasteiger partial charge in [-0.2, -0.15) is 0 Å². The van der Waals surface area contributed by atoms with Crippen LogP contribution in [-0.4, -0.2) is 53.9 Å². The average Bonchev–Trinajstić information content (AvgIpc) is 2.61. The molecule has 0 bridgehead atoms. The fourth-order valence-corrected chi connectivity index (χ4v) is 3.71. The van der Waals surface area contributed by atoms with Crippen molar-refractivity contribution in [2.75, 3.05) is 26.2 Å². The lowest BCUT2D eigenvalue weighted by Gasteiger charge is -2.36. The van der Waals surface area contributed by atoms with Gasteiger partial charge < -0.3 is 19.7 Å². The van der Waals surface area contributed by atoms with Crippen molar-refractivity contribution < 1.29 is 18.7 Å². The Balaban J connectivity index is 1.48. The monoisotopic (exact) mass is 365 g/mol. The summed E-state index contributed by atoms with van der Waals surface area (Å²) in [5, 5.41) is 3.04. The second-order valence-electron chi connectivity index (χ2n) is 7.77. The Kier molecular flexibility index (Phi) is 5.96. The van der Waals surface area contributed by atoms with Gasteiger partial charge in [0.15, 0.2) is 5.82 Å². The summed E-state index contributed by atoms with van der Waals surface area (Å²) in [7, 11) is 0. The maximum Gasteiger partial charge on any atom is 0.317 e. The summed E-state index contributed by atoms with van der Waals surface area (Å²) >= 11 is 0. The normalized spacial score (nSPS) is 25.6. The molecule has 2 aliphatic heterocycles.